The maximum atomic E-state index is 12.6. The summed E-state index contributed by atoms with van der Waals surface area (Å²) >= 11 is 6.40. The van der Waals surface area contributed by atoms with Gasteiger partial charge < -0.3 is 9.15 Å². The van der Waals surface area contributed by atoms with Crippen LogP contribution in [0.25, 0.3) is 6.08 Å². The van der Waals surface area contributed by atoms with Crippen LogP contribution in [-0.2, 0) is 9.53 Å². The highest BCUT2D eigenvalue weighted by atomic mass is 32.2. The van der Waals surface area contributed by atoms with Gasteiger partial charge >= 0.3 is 11.9 Å². The number of carbonyl (C=O) groups excluding carboxylic acids is 2. The Hall–Kier alpha value is -3.24. The van der Waals surface area contributed by atoms with Crippen molar-refractivity contribution in [1.29, 1.82) is 0 Å². The van der Waals surface area contributed by atoms with Crippen molar-refractivity contribution in [3.63, 3.8) is 0 Å². The molecule has 2 heterocycles. The monoisotopic (exact) mass is 416 g/mol. The fourth-order valence-corrected chi connectivity index (χ4v) is 3.58. The van der Waals surface area contributed by atoms with Gasteiger partial charge in [-0.05, 0) is 42.5 Å². The SMILES string of the molecule is COC(=O)c1ccc(N2C(=O)/C(=C/C=C/c3ccc([N+](=O)[O-])o3)SC2=S)cc1. The third-order valence-corrected chi connectivity index (χ3v) is 4.96. The molecular weight excluding hydrogens is 404 g/mol. The smallest absolute Gasteiger partial charge is 0.433 e. The molecule has 142 valence electrons. The third-order valence-electron chi connectivity index (χ3n) is 3.64. The fraction of sp³-hybridized carbons (Fsp3) is 0.0556. The summed E-state index contributed by atoms with van der Waals surface area (Å²) in [4.78, 5) is 35.9. The molecule has 0 aliphatic carbocycles. The minimum absolute atomic E-state index is 0.289. The number of hydrogen-bond acceptors (Lipinski definition) is 8. The number of hydrogen-bond donors (Lipinski definition) is 0. The zero-order chi connectivity index (χ0) is 20.3. The van der Waals surface area contributed by atoms with Crippen LogP contribution in [0.1, 0.15) is 16.1 Å². The van der Waals surface area contributed by atoms with E-state index in [0.29, 0.717) is 20.5 Å². The van der Waals surface area contributed by atoms with E-state index in [2.05, 4.69) is 4.74 Å². The van der Waals surface area contributed by atoms with Gasteiger partial charge in [-0.1, -0.05) is 30.1 Å². The minimum atomic E-state index is -0.631. The van der Waals surface area contributed by atoms with Crippen molar-refractivity contribution in [2.45, 2.75) is 0 Å². The van der Waals surface area contributed by atoms with Crippen molar-refractivity contribution in [2.24, 2.45) is 0 Å². The van der Waals surface area contributed by atoms with Crippen LogP contribution >= 0.6 is 24.0 Å². The molecule has 1 aromatic carbocycles. The Morgan fingerprint density at radius 1 is 1.29 bits per heavy atom. The number of anilines is 1. The van der Waals surface area contributed by atoms with E-state index in [9.17, 15) is 19.7 Å². The minimum Gasteiger partial charge on any atom is -0.465 e. The normalized spacial score (nSPS) is 15.6. The zero-order valence-electron chi connectivity index (χ0n) is 14.4. The largest absolute Gasteiger partial charge is 0.465 e. The van der Waals surface area contributed by atoms with Crippen LogP contribution in [0.15, 0.2) is 57.9 Å². The first kappa shape index (κ1) is 19.5. The molecule has 10 heteroatoms. The molecule has 1 amide bonds. The fourth-order valence-electron chi connectivity index (χ4n) is 2.33. The first-order chi connectivity index (χ1) is 13.4. The highest BCUT2D eigenvalue weighted by Crippen LogP contribution is 2.35. The summed E-state index contributed by atoms with van der Waals surface area (Å²) in [6.07, 6.45) is 4.61. The van der Waals surface area contributed by atoms with Crippen molar-refractivity contribution in [3.8, 4) is 0 Å². The lowest BCUT2D eigenvalue weighted by molar-refractivity contribution is -0.402. The summed E-state index contributed by atoms with van der Waals surface area (Å²) in [5, 5.41) is 10.6. The van der Waals surface area contributed by atoms with Gasteiger partial charge in [0.15, 0.2) is 4.32 Å². The maximum Gasteiger partial charge on any atom is 0.433 e. The van der Waals surface area contributed by atoms with E-state index < -0.39 is 10.9 Å². The maximum absolute atomic E-state index is 12.6. The van der Waals surface area contributed by atoms with Gasteiger partial charge in [0, 0.05) is 0 Å². The second-order valence-electron chi connectivity index (χ2n) is 5.37. The van der Waals surface area contributed by atoms with Gasteiger partial charge in [0.05, 0.1) is 29.3 Å². The summed E-state index contributed by atoms with van der Waals surface area (Å²) in [5.74, 6) is -0.853. The number of nitro groups is 1. The topological polar surface area (TPSA) is 103 Å². The van der Waals surface area contributed by atoms with Gasteiger partial charge in [-0.15, -0.1) is 0 Å². The Kier molecular flexibility index (Phi) is 5.71. The zero-order valence-corrected chi connectivity index (χ0v) is 16.0. The molecule has 1 saturated heterocycles. The highest BCUT2D eigenvalue weighted by Gasteiger charge is 2.33. The van der Waals surface area contributed by atoms with Crippen LogP contribution in [-0.4, -0.2) is 28.2 Å². The van der Waals surface area contributed by atoms with E-state index in [-0.39, 0.29) is 17.6 Å². The number of thioether (sulfide) groups is 1. The van der Waals surface area contributed by atoms with E-state index in [1.54, 1.807) is 36.4 Å². The van der Waals surface area contributed by atoms with E-state index in [1.165, 1.54) is 30.2 Å². The second kappa shape index (κ2) is 8.19. The molecule has 1 fully saturated rings. The number of thiocarbonyl (C=S) groups is 1. The van der Waals surface area contributed by atoms with Gasteiger partial charge in [-0.25, -0.2) is 4.79 Å². The number of rotatable bonds is 5. The number of benzene rings is 1. The van der Waals surface area contributed by atoms with Gasteiger partial charge in [-0.3, -0.25) is 19.8 Å². The lowest BCUT2D eigenvalue weighted by Gasteiger charge is -2.14. The molecule has 0 unspecified atom stereocenters. The molecular formula is C18H12N2O6S2. The van der Waals surface area contributed by atoms with Crippen molar-refractivity contribution < 1.29 is 23.7 Å². The Morgan fingerprint density at radius 2 is 2.00 bits per heavy atom. The number of furan rings is 1. The van der Waals surface area contributed by atoms with Gasteiger partial charge in [0.1, 0.15) is 10.7 Å². The van der Waals surface area contributed by atoms with Crippen molar-refractivity contribution >= 4 is 57.8 Å². The average molecular weight is 416 g/mol. The number of methoxy groups -OCH3 is 1. The Morgan fingerprint density at radius 3 is 2.61 bits per heavy atom. The lowest BCUT2D eigenvalue weighted by atomic mass is 10.2. The number of nitrogens with zero attached hydrogens (tertiary/aromatic N) is 2. The Balaban J connectivity index is 1.75. The standard InChI is InChI=1S/C18H12N2O6S2/c1-25-17(22)11-5-7-12(8-6-11)19-16(21)14(28-18(19)27)4-2-3-13-9-10-15(26-13)20(23)24/h2-10H,1H3/b3-2+,14-4-. The summed E-state index contributed by atoms with van der Waals surface area (Å²) in [6.45, 7) is 0. The van der Waals surface area contributed by atoms with Crippen LogP contribution in [0, 0.1) is 10.1 Å². The van der Waals surface area contributed by atoms with Crippen LogP contribution < -0.4 is 4.90 Å². The molecule has 0 saturated carbocycles. The van der Waals surface area contributed by atoms with Crippen molar-refractivity contribution in [3.05, 3.63) is 74.9 Å². The number of allylic oxidation sites excluding steroid dienone is 2. The first-order valence-electron chi connectivity index (χ1n) is 7.78. The van der Waals surface area contributed by atoms with Crippen LogP contribution in [0.4, 0.5) is 11.6 Å². The molecule has 0 spiro atoms. The van der Waals surface area contributed by atoms with Gasteiger partial charge in [0.25, 0.3) is 5.91 Å². The predicted molar refractivity (Wildman–Crippen MR) is 108 cm³/mol. The Bertz CT molecular complexity index is 1020. The molecule has 0 N–H and O–H groups in total. The number of ether oxygens (including phenoxy) is 1. The lowest BCUT2D eigenvalue weighted by Crippen LogP contribution is -2.27. The van der Waals surface area contributed by atoms with E-state index >= 15 is 0 Å². The molecule has 2 aromatic rings. The highest BCUT2D eigenvalue weighted by molar-refractivity contribution is 8.27. The second-order valence-corrected chi connectivity index (χ2v) is 7.05. The molecule has 0 atom stereocenters. The first-order valence-corrected chi connectivity index (χ1v) is 9.00. The van der Waals surface area contributed by atoms with Crippen LogP contribution in [0.3, 0.4) is 0 Å². The van der Waals surface area contributed by atoms with Crippen molar-refractivity contribution in [1.82, 2.24) is 0 Å². The summed E-state index contributed by atoms with van der Waals surface area (Å²) in [5.41, 5.74) is 0.895. The summed E-state index contributed by atoms with van der Waals surface area (Å²) in [7, 11) is 1.29. The summed E-state index contributed by atoms with van der Waals surface area (Å²) in [6, 6.07) is 9.02. The predicted octanol–water partition coefficient (Wildman–Crippen LogP) is 3.94. The Labute approximate surface area is 168 Å². The molecule has 28 heavy (non-hydrogen) atoms. The van der Waals surface area contributed by atoms with E-state index in [0.717, 1.165) is 11.8 Å². The number of carbonyl (C=O) groups is 2. The quantitative estimate of drug-likeness (QED) is 0.237. The molecule has 8 nitrogen and oxygen atoms in total. The van der Waals surface area contributed by atoms with Gasteiger partial charge in [-0.2, -0.15) is 0 Å². The molecule has 1 aliphatic heterocycles. The number of esters is 1. The van der Waals surface area contributed by atoms with Crippen LogP contribution in [0.2, 0.25) is 0 Å². The molecule has 0 bridgehead atoms. The van der Waals surface area contributed by atoms with E-state index in [1.807, 2.05) is 0 Å². The van der Waals surface area contributed by atoms with E-state index in [4.69, 9.17) is 16.6 Å². The molecule has 3 rings (SSSR count). The molecule has 1 aromatic heterocycles. The third kappa shape index (κ3) is 4.02. The van der Waals surface area contributed by atoms with Crippen LogP contribution in [0.5, 0.6) is 0 Å². The molecule has 0 radical (unpaired) electrons. The molecule has 1 aliphatic rings. The summed E-state index contributed by atoms with van der Waals surface area (Å²) < 4.78 is 10.0. The van der Waals surface area contributed by atoms with Crippen molar-refractivity contribution in [2.75, 3.05) is 12.0 Å². The van der Waals surface area contributed by atoms with Gasteiger partial charge in [0.2, 0.25) is 0 Å². The average Bonchev–Trinajstić information content (AvgIpc) is 3.26. The number of amides is 1.